The molecule has 0 spiro atoms. The Hall–Kier alpha value is -9.50. The highest BCUT2D eigenvalue weighted by Crippen LogP contribution is 2.28. The van der Waals surface area contributed by atoms with Crippen molar-refractivity contribution < 1.29 is 115 Å². The minimum absolute atomic E-state index is 0.00357. The molecule has 0 bridgehead atoms. The number of alkyl halides is 3. The Labute approximate surface area is 613 Å². The minimum Gasteiger partial charge on any atom is -0.475 e. The summed E-state index contributed by atoms with van der Waals surface area (Å²) in [5.74, 6) is -20.1. The van der Waals surface area contributed by atoms with Gasteiger partial charge >= 0.3 is 24.2 Å². The van der Waals surface area contributed by atoms with Gasteiger partial charge in [-0.05, 0) is 93.9 Å². The number of aliphatic imine (C=N–C) groups is 1. The molecular weight excluding hydrogens is 1410 g/mol. The van der Waals surface area contributed by atoms with Gasteiger partial charge < -0.3 is 111 Å². The van der Waals surface area contributed by atoms with E-state index in [4.69, 9.17) is 36.6 Å². The van der Waals surface area contributed by atoms with Crippen LogP contribution in [0.2, 0.25) is 0 Å². The molecule has 12 amide bonds. The number of alkyl carbamates (subject to hydrolysis) is 1. The van der Waals surface area contributed by atoms with E-state index in [2.05, 4.69) is 52.8 Å². The van der Waals surface area contributed by atoms with Gasteiger partial charge in [-0.25, -0.2) is 14.4 Å². The van der Waals surface area contributed by atoms with E-state index in [9.17, 15) is 81.5 Å². The molecule has 0 aliphatic carbocycles. The lowest BCUT2D eigenvalue weighted by atomic mass is 9.86. The number of primary amides is 1. The van der Waals surface area contributed by atoms with E-state index in [1.807, 2.05) is 10.6 Å². The van der Waals surface area contributed by atoms with Gasteiger partial charge in [-0.1, -0.05) is 120 Å². The van der Waals surface area contributed by atoms with Gasteiger partial charge in [-0.15, -0.1) is 0 Å². The number of nitrogens with zero attached hydrogens (tertiary/aromatic N) is 1. The number of rotatable bonds is 22. The zero-order valence-corrected chi connectivity index (χ0v) is 62.6. The largest absolute Gasteiger partial charge is 0.490 e. The smallest absolute Gasteiger partial charge is 0.475 e. The molecule has 0 saturated carbocycles. The summed E-state index contributed by atoms with van der Waals surface area (Å²) in [4.78, 5) is 199. The van der Waals surface area contributed by atoms with Crippen molar-refractivity contribution in [1.82, 2.24) is 58.5 Å². The van der Waals surface area contributed by atoms with Crippen LogP contribution >= 0.6 is 0 Å². The van der Waals surface area contributed by atoms with Crippen molar-refractivity contribution >= 4 is 89.0 Å². The van der Waals surface area contributed by atoms with Gasteiger partial charge in [0.05, 0.1) is 25.4 Å². The van der Waals surface area contributed by atoms with Crippen LogP contribution in [-0.2, 0) is 71.8 Å². The Morgan fingerprint density at radius 2 is 1.13 bits per heavy atom. The van der Waals surface area contributed by atoms with Gasteiger partial charge in [0.1, 0.15) is 60.0 Å². The minimum atomic E-state index is -5.08. The molecule has 2 rings (SSSR count). The molecule has 15 atom stereocenters. The van der Waals surface area contributed by atoms with Crippen molar-refractivity contribution in [1.29, 1.82) is 0 Å². The highest BCUT2D eigenvalue weighted by molar-refractivity contribution is 6.00. The standard InChI is InChI=1S/C65H109N15O19.C2HF3O2/c1-17-33(6)42-56(92)78-43(34(7)82)55(91)70-29-41(83)76-45(48(85)50(66)86)58(94)74-40(30-81)60(96)98-49(35-22-19-18-20-23-35)46(80-54(90)38(27-63(8,9)10)73-53(89)39(28-64(11,12)13)75-62(97)99-65(14,15)16)59(95)79-44(47(84)32(4)5)57(93)72-37(26-31(2)3)52(88)71-36(51(87)77-42)24-21-25-69-61(67)68;3-2(4,5)1(6)7/h18-20,22-23,31-34,36-40,42-49,81-82,84-85H,17,21,24-30H2,1-16H3,(H2,66,86)(H,70,91)(H,71,88)(H,72,93)(H,73,89)(H,74,94)(H,75,97)(H,76,83)(H,77,87)(H,78,92)(H,79,95)(H,80,90)(H4,67,68,69);(H,6,7)/t33-,34-,36+,37-,38-,39+,40-,42-,43-,44-,45-,46-,47+,48-,49+;/m0./s1. The van der Waals surface area contributed by atoms with Crippen molar-refractivity contribution in [3.05, 3.63) is 35.9 Å². The molecule has 1 aromatic rings. The van der Waals surface area contributed by atoms with Crippen LogP contribution in [0.3, 0.4) is 0 Å². The number of cyclic esters (lactones) is 1. The van der Waals surface area contributed by atoms with E-state index in [-0.39, 0.29) is 56.6 Å². The number of aliphatic hydroxyl groups is 4. The second-order valence-electron chi connectivity index (χ2n) is 29.7. The molecule has 1 fully saturated rings. The zero-order chi connectivity index (χ0) is 81.9. The maximum absolute atomic E-state index is 15.6. The molecule has 39 heteroatoms. The Morgan fingerprint density at radius 3 is 1.60 bits per heavy atom. The summed E-state index contributed by atoms with van der Waals surface area (Å²) in [6, 6.07) is -11.6. The number of aliphatic carboxylic acids is 1. The zero-order valence-electron chi connectivity index (χ0n) is 62.6. The molecule has 600 valence electrons. The number of carbonyl (C=O) groups is 14. The van der Waals surface area contributed by atoms with Gasteiger partial charge in [-0.3, -0.25) is 57.7 Å². The Bertz CT molecular complexity index is 3210. The van der Waals surface area contributed by atoms with E-state index in [1.54, 1.807) is 90.0 Å². The highest BCUT2D eigenvalue weighted by atomic mass is 19.4. The van der Waals surface area contributed by atoms with Gasteiger partial charge in [-0.2, -0.15) is 13.2 Å². The van der Waals surface area contributed by atoms with Gasteiger partial charge in [0.2, 0.25) is 65.0 Å². The van der Waals surface area contributed by atoms with Crippen LogP contribution in [0.1, 0.15) is 161 Å². The third kappa shape index (κ3) is 34.2. The number of halogens is 3. The van der Waals surface area contributed by atoms with E-state index in [0.717, 1.165) is 6.92 Å². The number of ether oxygens (including phenoxy) is 2. The van der Waals surface area contributed by atoms with Crippen LogP contribution in [0.25, 0.3) is 0 Å². The number of nitrogens with one attached hydrogen (secondary N) is 11. The summed E-state index contributed by atoms with van der Waals surface area (Å²) in [5, 5.41) is 78.3. The van der Waals surface area contributed by atoms with Gasteiger partial charge in [0, 0.05) is 6.54 Å². The third-order valence-electron chi connectivity index (χ3n) is 15.6. The van der Waals surface area contributed by atoms with E-state index >= 15 is 14.4 Å². The Balaban J connectivity index is 0.00000760. The number of carbonyl (C=O) groups excluding carboxylic acids is 13. The summed E-state index contributed by atoms with van der Waals surface area (Å²) < 4.78 is 43.2. The molecular formula is C67H110F3N15O21. The van der Waals surface area contributed by atoms with Crippen LogP contribution in [0.4, 0.5) is 18.0 Å². The first-order chi connectivity index (χ1) is 48.6. The van der Waals surface area contributed by atoms with Crippen LogP contribution in [0.5, 0.6) is 0 Å². The Morgan fingerprint density at radius 1 is 0.642 bits per heavy atom. The van der Waals surface area contributed by atoms with Crippen molar-refractivity contribution in [2.24, 2.45) is 50.8 Å². The number of aliphatic hydroxyl groups excluding tert-OH is 4. The lowest BCUT2D eigenvalue weighted by Gasteiger charge is -2.34. The number of guanidine groups is 1. The topological polar surface area (TPSA) is 581 Å². The molecule has 1 aliphatic rings. The molecule has 1 saturated heterocycles. The molecule has 36 nitrogen and oxygen atoms in total. The monoisotopic (exact) mass is 1520 g/mol. The number of carboxylic acid groups (broad SMARTS) is 1. The SMILES string of the molecule is CC[C@H](C)[C@@H]1NC(=O)[C@@H](CCCN=C(N)N)NC(=O)[C@H](CC(C)C)NC(=O)[C@H]([C@H](O)C(C)C)NC(=O)[C@@H](NC(=O)[C@H](CC(C)(C)C)NC(=O)[C@@H](CC(C)(C)C)NC(=O)OC(C)(C)C)[C@@H](c2ccccc2)OC(=O)[C@H](CO)NC(=O)[C@H]([C@H](O)C(N)=O)NC(=O)CNC(=O)[C@H]([C@H](C)O)NC1=O.O=C(O)C(F)(F)F. The van der Waals surface area contributed by atoms with Crippen LogP contribution in [-0.4, -0.2) is 225 Å². The number of benzene rings is 1. The number of amides is 12. The second kappa shape index (κ2) is 42.6. The van der Waals surface area contributed by atoms with Crippen LogP contribution in [0.15, 0.2) is 35.3 Å². The molecule has 106 heavy (non-hydrogen) atoms. The fourth-order valence-electron chi connectivity index (χ4n) is 10.0. The lowest BCUT2D eigenvalue weighted by molar-refractivity contribution is -0.192. The Kier molecular flexibility index (Phi) is 38.0. The summed E-state index contributed by atoms with van der Waals surface area (Å²) >= 11 is 0. The highest BCUT2D eigenvalue weighted by Gasteiger charge is 2.45. The lowest BCUT2D eigenvalue weighted by Crippen LogP contribution is -2.64. The van der Waals surface area contributed by atoms with Crippen molar-refractivity contribution in [3.63, 3.8) is 0 Å². The molecule has 0 unspecified atom stereocenters. The summed E-state index contributed by atoms with van der Waals surface area (Å²) in [6.45, 7) is 23.5. The average molecular weight is 1520 g/mol. The fraction of sp³-hybridized carbons (Fsp3) is 0.687. The summed E-state index contributed by atoms with van der Waals surface area (Å²) in [6.07, 6.45) is -14.7. The first-order valence-electron chi connectivity index (χ1n) is 34.2. The molecule has 0 radical (unpaired) electrons. The molecule has 22 N–H and O–H groups in total. The summed E-state index contributed by atoms with van der Waals surface area (Å²) in [5.41, 5.74) is 13.9. The quantitative estimate of drug-likeness (QED) is 0.0248. The van der Waals surface area contributed by atoms with Gasteiger partial charge in [0.25, 0.3) is 0 Å². The molecule has 1 aromatic carbocycles. The van der Waals surface area contributed by atoms with E-state index < -0.39 is 221 Å². The predicted molar refractivity (Wildman–Crippen MR) is 374 cm³/mol. The van der Waals surface area contributed by atoms with Crippen molar-refractivity contribution in [3.8, 4) is 0 Å². The molecule has 1 aliphatic heterocycles. The van der Waals surface area contributed by atoms with Crippen LogP contribution < -0.4 is 75.7 Å². The van der Waals surface area contributed by atoms with Gasteiger partial charge in [0.15, 0.2) is 24.2 Å². The third-order valence-corrected chi connectivity index (χ3v) is 15.6. The number of hydrogen-bond acceptors (Lipinski definition) is 21. The average Bonchev–Trinajstić information content (AvgIpc) is 0.812. The second-order valence-corrected chi connectivity index (χ2v) is 29.7. The predicted octanol–water partition coefficient (Wildman–Crippen LogP) is -2.46. The maximum Gasteiger partial charge on any atom is 0.490 e. The van der Waals surface area contributed by atoms with E-state index in [1.165, 1.54) is 44.2 Å². The van der Waals surface area contributed by atoms with Crippen molar-refractivity contribution in [2.45, 2.75) is 246 Å². The molecule has 1 heterocycles. The van der Waals surface area contributed by atoms with E-state index in [0.29, 0.717) is 0 Å². The number of carboxylic acids is 1. The number of esters is 1. The normalized spacial score (nSPS) is 23.0. The number of nitrogens with two attached hydrogens (primary N) is 3. The fourth-order valence-corrected chi connectivity index (χ4v) is 10.0. The van der Waals surface area contributed by atoms with Crippen LogP contribution in [0, 0.1) is 28.6 Å². The van der Waals surface area contributed by atoms with Crippen molar-refractivity contribution in [2.75, 3.05) is 19.7 Å². The number of hydrogen-bond donors (Lipinski definition) is 19. The molecule has 0 aromatic heterocycles. The first-order valence-corrected chi connectivity index (χ1v) is 34.2. The summed E-state index contributed by atoms with van der Waals surface area (Å²) in [7, 11) is 0. The first kappa shape index (κ1) is 94.5. The maximum atomic E-state index is 15.6.